The van der Waals surface area contributed by atoms with Crippen LogP contribution in [0.5, 0.6) is 0 Å². The normalized spacial score (nSPS) is 16.9. The fourth-order valence-corrected chi connectivity index (χ4v) is 5.88. The van der Waals surface area contributed by atoms with E-state index in [2.05, 4.69) is 0 Å². The van der Waals surface area contributed by atoms with Gasteiger partial charge in [0.25, 0.3) is 0 Å². The number of hydrogen-bond donors (Lipinski definition) is 2. The van der Waals surface area contributed by atoms with Crippen LogP contribution in [0.2, 0.25) is 0 Å². The molecule has 2 N–H and O–H groups in total. The molecule has 4 aromatic rings. The van der Waals surface area contributed by atoms with Crippen molar-refractivity contribution >= 4 is 23.5 Å². The predicted octanol–water partition coefficient (Wildman–Crippen LogP) is 5.98. The van der Waals surface area contributed by atoms with E-state index in [4.69, 9.17) is 0 Å². The third-order valence-corrected chi connectivity index (χ3v) is 8.18. The largest absolute Gasteiger partial charge is 0.481 e. The quantitative estimate of drug-likeness (QED) is 0.200. The Kier molecular flexibility index (Phi) is 9.89. The Hall–Kier alpha value is -4.20. The number of fused-ring (bicyclic) bond motifs is 2. The van der Waals surface area contributed by atoms with Gasteiger partial charge in [0.1, 0.15) is 0 Å². The van der Waals surface area contributed by atoms with Gasteiger partial charge in [-0.1, -0.05) is 59.7 Å². The van der Waals surface area contributed by atoms with E-state index < -0.39 is 23.8 Å². The van der Waals surface area contributed by atoms with E-state index in [-0.39, 0.29) is 28.6 Å². The van der Waals surface area contributed by atoms with Crippen LogP contribution in [0.1, 0.15) is 92.1 Å². The smallest absolute Gasteiger partial charge is 0.312 e. The number of carbonyl (C=O) groups excluding carboxylic acids is 2. The van der Waals surface area contributed by atoms with E-state index in [1.165, 1.54) is 0 Å². The zero-order valence-corrected chi connectivity index (χ0v) is 25.0. The summed E-state index contributed by atoms with van der Waals surface area (Å²) in [5.41, 5.74) is 6.13. The Morgan fingerprint density at radius 1 is 0.581 bits per heavy atom. The second-order valence-electron chi connectivity index (χ2n) is 11.0. The van der Waals surface area contributed by atoms with Crippen molar-refractivity contribution in [2.24, 2.45) is 0 Å². The molecule has 2 aromatic carbocycles. The van der Waals surface area contributed by atoms with Crippen molar-refractivity contribution in [3.63, 3.8) is 0 Å². The molecular weight excluding hydrogens is 596 g/mol. The first-order valence-corrected chi connectivity index (χ1v) is 14.2. The van der Waals surface area contributed by atoms with Gasteiger partial charge in [0.15, 0.2) is 0 Å². The maximum atomic E-state index is 12.6. The van der Waals surface area contributed by atoms with Crippen molar-refractivity contribution < 1.29 is 46.5 Å². The van der Waals surface area contributed by atoms with E-state index in [0.29, 0.717) is 48.4 Å². The van der Waals surface area contributed by atoms with Gasteiger partial charge in [0.05, 0.1) is 23.2 Å². The van der Waals surface area contributed by atoms with Gasteiger partial charge in [-0.3, -0.25) is 19.2 Å². The molecule has 0 fully saturated rings. The van der Waals surface area contributed by atoms with Crippen LogP contribution < -0.4 is 0 Å². The van der Waals surface area contributed by atoms with Crippen molar-refractivity contribution in [1.82, 2.24) is 9.13 Å². The van der Waals surface area contributed by atoms with Gasteiger partial charge < -0.3 is 19.3 Å². The van der Waals surface area contributed by atoms with E-state index >= 15 is 0 Å². The van der Waals surface area contributed by atoms with Gasteiger partial charge in [-0.15, -0.1) is 0 Å². The fourth-order valence-electron chi connectivity index (χ4n) is 5.88. The molecule has 0 aliphatic carbocycles. The summed E-state index contributed by atoms with van der Waals surface area (Å²) in [5, 5.41) is 18.6. The third kappa shape index (κ3) is 6.58. The van der Waals surface area contributed by atoms with Crippen LogP contribution in [0.4, 0.5) is 0 Å². The SMILES string of the molecule is Cc1ccc(C(=O)c2ccc3n2CCCC3C(=O)O)cc1.Cc1ccc(C(=O)c2ccc3n2CCCC3C(=O)O)cc1.[Cu]. The minimum Gasteiger partial charge on any atom is -0.481 e. The fraction of sp³-hybridized carbons (Fsp3) is 0.294. The summed E-state index contributed by atoms with van der Waals surface area (Å²) in [6.07, 6.45) is 2.84. The average molecular weight is 630 g/mol. The average Bonchev–Trinajstić information content (AvgIpc) is 3.62. The summed E-state index contributed by atoms with van der Waals surface area (Å²) >= 11 is 0. The first-order chi connectivity index (χ1) is 20.2. The first kappa shape index (κ1) is 31.7. The molecule has 2 aliphatic rings. The van der Waals surface area contributed by atoms with Gasteiger partial charge in [-0.05, 0) is 63.8 Å². The van der Waals surface area contributed by atoms with Crippen LogP contribution in [0, 0.1) is 13.8 Å². The minimum absolute atomic E-state index is 0. The number of carboxylic acid groups (broad SMARTS) is 2. The van der Waals surface area contributed by atoms with Crippen molar-refractivity contribution in [3.05, 3.63) is 118 Å². The molecule has 0 spiro atoms. The summed E-state index contributed by atoms with van der Waals surface area (Å²) < 4.78 is 3.73. The van der Waals surface area contributed by atoms with Crippen LogP contribution in [0.15, 0.2) is 72.8 Å². The zero-order valence-electron chi connectivity index (χ0n) is 24.0. The Morgan fingerprint density at radius 3 is 1.26 bits per heavy atom. The van der Waals surface area contributed by atoms with Crippen LogP contribution >= 0.6 is 0 Å². The molecule has 4 heterocycles. The number of ketones is 2. The van der Waals surface area contributed by atoms with Crippen molar-refractivity contribution in [1.29, 1.82) is 0 Å². The molecule has 227 valence electrons. The Labute approximate surface area is 260 Å². The monoisotopic (exact) mass is 629 g/mol. The number of aliphatic carboxylic acids is 2. The summed E-state index contributed by atoms with van der Waals surface area (Å²) in [4.78, 5) is 47.8. The number of aryl methyl sites for hydroxylation is 2. The molecule has 9 heteroatoms. The second kappa shape index (κ2) is 13.4. The number of nitrogens with zero attached hydrogens (tertiary/aromatic N) is 2. The maximum absolute atomic E-state index is 12.6. The molecule has 0 saturated carbocycles. The summed E-state index contributed by atoms with van der Waals surface area (Å²) in [7, 11) is 0. The molecule has 0 saturated heterocycles. The molecule has 2 aromatic heterocycles. The number of benzene rings is 2. The van der Waals surface area contributed by atoms with E-state index in [1.807, 2.05) is 71.5 Å². The number of rotatable bonds is 6. The second-order valence-corrected chi connectivity index (χ2v) is 11.0. The molecule has 1 radical (unpaired) electrons. The molecule has 0 amide bonds. The number of aromatic nitrogens is 2. The van der Waals surface area contributed by atoms with Crippen molar-refractivity contribution in [2.75, 3.05) is 0 Å². The molecule has 2 unspecified atom stereocenters. The van der Waals surface area contributed by atoms with Crippen LogP contribution in [0.3, 0.4) is 0 Å². The topological polar surface area (TPSA) is 119 Å². The predicted molar refractivity (Wildman–Crippen MR) is 157 cm³/mol. The zero-order chi connectivity index (χ0) is 30.0. The minimum atomic E-state index is -0.816. The molecule has 43 heavy (non-hydrogen) atoms. The Bertz CT molecular complexity index is 1530. The molecule has 0 bridgehead atoms. The molecule has 2 atom stereocenters. The first-order valence-electron chi connectivity index (χ1n) is 14.2. The maximum Gasteiger partial charge on any atom is 0.312 e. The summed E-state index contributed by atoms with van der Waals surface area (Å²) in [6, 6.07) is 22.0. The van der Waals surface area contributed by atoms with Gasteiger partial charge in [0.2, 0.25) is 11.6 Å². The Balaban J connectivity index is 0.000000192. The van der Waals surface area contributed by atoms with Gasteiger partial charge in [0, 0.05) is 52.7 Å². The number of carboxylic acids is 2. The van der Waals surface area contributed by atoms with Gasteiger partial charge in [-0.25, -0.2) is 0 Å². The Morgan fingerprint density at radius 2 is 0.930 bits per heavy atom. The van der Waals surface area contributed by atoms with Crippen molar-refractivity contribution in [2.45, 2.75) is 64.5 Å². The van der Waals surface area contributed by atoms with Crippen molar-refractivity contribution in [3.8, 4) is 0 Å². The number of hydrogen-bond acceptors (Lipinski definition) is 4. The van der Waals surface area contributed by atoms with E-state index in [0.717, 1.165) is 35.4 Å². The molecule has 8 nitrogen and oxygen atoms in total. The molecular formula is C34H34CuN2O6. The molecule has 2 aliphatic heterocycles. The van der Waals surface area contributed by atoms with E-state index in [9.17, 15) is 29.4 Å². The number of carbonyl (C=O) groups is 4. The summed E-state index contributed by atoms with van der Waals surface area (Å²) in [6.45, 7) is 5.37. The van der Waals surface area contributed by atoms with E-state index in [1.54, 1.807) is 24.3 Å². The van der Waals surface area contributed by atoms with Gasteiger partial charge in [-0.2, -0.15) is 0 Å². The van der Waals surface area contributed by atoms with Crippen LogP contribution in [-0.2, 0) is 39.7 Å². The van der Waals surface area contributed by atoms with Crippen LogP contribution in [-0.4, -0.2) is 42.9 Å². The van der Waals surface area contributed by atoms with Crippen LogP contribution in [0.25, 0.3) is 0 Å². The third-order valence-electron chi connectivity index (χ3n) is 8.18. The molecule has 6 rings (SSSR count). The van der Waals surface area contributed by atoms with Gasteiger partial charge >= 0.3 is 11.9 Å². The standard InChI is InChI=1S/2C17H17NO3.Cu/c2*1-11-4-6-12(7-5-11)16(19)15-9-8-14-13(17(20)21)3-2-10-18(14)15;/h2*4-9,13H,2-3,10H2,1H3,(H,20,21);. The summed E-state index contributed by atoms with van der Waals surface area (Å²) in [5.74, 6) is -2.73.